The van der Waals surface area contributed by atoms with Crippen LogP contribution in [0.25, 0.3) is 0 Å². The van der Waals surface area contributed by atoms with E-state index in [1.807, 2.05) is 0 Å². The molecule has 2 aromatic rings. The summed E-state index contributed by atoms with van der Waals surface area (Å²) in [5, 5.41) is 5.44. The summed E-state index contributed by atoms with van der Waals surface area (Å²) in [5.74, 6) is 0.0614. The van der Waals surface area contributed by atoms with E-state index in [4.69, 9.17) is 11.6 Å². The number of halogens is 4. The molecule has 6 nitrogen and oxygen atoms in total. The minimum atomic E-state index is -4.51. The Morgan fingerprint density at radius 2 is 1.97 bits per heavy atom. The Labute approximate surface area is 174 Å². The van der Waals surface area contributed by atoms with Crippen LogP contribution in [0.3, 0.4) is 0 Å². The molecule has 2 amide bonds. The number of hydrogen-bond donors (Lipinski definition) is 2. The van der Waals surface area contributed by atoms with Crippen molar-refractivity contribution in [3.63, 3.8) is 0 Å². The maximum atomic E-state index is 12.6. The molecule has 0 radical (unpaired) electrons. The Hall–Kier alpha value is -2.33. The van der Waals surface area contributed by atoms with Crippen LogP contribution in [0.5, 0.6) is 0 Å². The minimum Gasteiger partial charge on any atom is -0.351 e. The zero-order chi connectivity index (χ0) is 21.6. The molecule has 0 spiro atoms. The molecule has 0 aromatic carbocycles. The van der Waals surface area contributed by atoms with E-state index in [0.29, 0.717) is 17.0 Å². The monoisotopic (exact) mass is 446 g/mol. The fourth-order valence-electron chi connectivity index (χ4n) is 2.20. The van der Waals surface area contributed by atoms with Crippen molar-refractivity contribution in [3.05, 3.63) is 46.2 Å². The summed E-state index contributed by atoms with van der Waals surface area (Å²) in [4.78, 5) is 31.7. The van der Waals surface area contributed by atoms with Gasteiger partial charge in [-0.25, -0.2) is 9.97 Å². The molecule has 2 rings (SSSR count). The molecular weight excluding hydrogens is 429 g/mol. The van der Waals surface area contributed by atoms with Crippen LogP contribution in [0.15, 0.2) is 29.4 Å². The van der Waals surface area contributed by atoms with Crippen molar-refractivity contribution < 1.29 is 22.8 Å². The normalized spacial score (nSPS) is 11.2. The number of aryl methyl sites for hydroxylation is 1. The lowest BCUT2D eigenvalue weighted by Crippen LogP contribution is -2.26. The second kappa shape index (κ2) is 9.93. The predicted molar refractivity (Wildman–Crippen MR) is 105 cm³/mol. The molecule has 0 aliphatic heterocycles. The quantitative estimate of drug-likeness (QED) is 0.488. The molecular formula is C18H18ClF3N4O2S. The van der Waals surface area contributed by atoms with E-state index in [9.17, 15) is 22.8 Å². The van der Waals surface area contributed by atoms with Gasteiger partial charge in [0.15, 0.2) is 0 Å². The molecule has 2 aromatic heterocycles. The fourth-order valence-corrected chi connectivity index (χ4v) is 3.25. The summed E-state index contributed by atoms with van der Waals surface area (Å²) in [6.45, 7) is 3.64. The molecule has 0 atom stereocenters. The first-order valence-corrected chi connectivity index (χ1v) is 9.88. The van der Waals surface area contributed by atoms with E-state index >= 15 is 0 Å². The highest BCUT2D eigenvalue weighted by molar-refractivity contribution is 7.99. The molecule has 11 heteroatoms. The molecule has 2 heterocycles. The summed E-state index contributed by atoms with van der Waals surface area (Å²) < 4.78 is 37.9. The summed E-state index contributed by atoms with van der Waals surface area (Å²) in [5.41, 5.74) is -0.0158. The maximum absolute atomic E-state index is 12.6. The molecule has 0 unspecified atom stereocenters. The number of carbonyl (C=O) groups excluding carboxylic acids is 2. The smallest absolute Gasteiger partial charge is 0.351 e. The zero-order valence-corrected chi connectivity index (χ0v) is 17.1. The van der Waals surface area contributed by atoms with Gasteiger partial charge in [-0.2, -0.15) is 13.2 Å². The van der Waals surface area contributed by atoms with Crippen LogP contribution in [0.1, 0.15) is 35.0 Å². The number of carbonyl (C=O) groups is 2. The van der Waals surface area contributed by atoms with E-state index < -0.39 is 11.7 Å². The van der Waals surface area contributed by atoms with Crippen molar-refractivity contribution >= 4 is 41.0 Å². The second-order valence-corrected chi connectivity index (χ2v) is 7.39. The average Bonchev–Trinajstić information content (AvgIpc) is 2.64. The lowest BCUT2D eigenvalue weighted by atomic mass is 10.2. The summed E-state index contributed by atoms with van der Waals surface area (Å²) in [7, 11) is 0. The Bertz CT molecular complexity index is 909. The number of hydrogen-bond acceptors (Lipinski definition) is 5. The molecule has 2 N–H and O–H groups in total. The highest BCUT2D eigenvalue weighted by Gasteiger charge is 2.31. The van der Waals surface area contributed by atoms with Gasteiger partial charge in [0.05, 0.1) is 10.6 Å². The third-order valence-corrected chi connectivity index (χ3v) is 4.97. The van der Waals surface area contributed by atoms with Gasteiger partial charge in [-0.3, -0.25) is 9.59 Å². The van der Waals surface area contributed by atoms with Gasteiger partial charge in [0.1, 0.15) is 10.8 Å². The van der Waals surface area contributed by atoms with Gasteiger partial charge in [-0.15, -0.1) is 11.8 Å². The summed E-state index contributed by atoms with van der Waals surface area (Å²) in [6.07, 6.45) is -3.50. The molecule has 156 valence electrons. The SMILES string of the molecule is CCC(=O)Nc1cc(C(=O)NCCSc2ncc(C(F)(F)F)cc2Cl)cc(C)n1. The number of thioether (sulfide) groups is 1. The summed E-state index contributed by atoms with van der Waals surface area (Å²) in [6, 6.07) is 3.87. The number of alkyl halides is 3. The number of pyridine rings is 2. The van der Waals surface area contributed by atoms with E-state index in [1.165, 1.54) is 6.07 Å². The van der Waals surface area contributed by atoms with E-state index in [2.05, 4.69) is 20.6 Å². The lowest BCUT2D eigenvalue weighted by molar-refractivity contribution is -0.137. The first-order chi connectivity index (χ1) is 13.6. The van der Waals surface area contributed by atoms with E-state index in [0.717, 1.165) is 24.0 Å². The van der Waals surface area contributed by atoms with Crippen molar-refractivity contribution in [2.24, 2.45) is 0 Å². The third-order valence-electron chi connectivity index (χ3n) is 3.57. The Kier molecular flexibility index (Phi) is 7.86. The number of nitrogens with zero attached hydrogens (tertiary/aromatic N) is 2. The maximum Gasteiger partial charge on any atom is 0.417 e. The minimum absolute atomic E-state index is 0.0998. The molecule has 0 saturated carbocycles. The van der Waals surface area contributed by atoms with Crippen LogP contribution < -0.4 is 10.6 Å². The number of anilines is 1. The van der Waals surface area contributed by atoms with Crippen LogP contribution >= 0.6 is 23.4 Å². The van der Waals surface area contributed by atoms with Gasteiger partial charge in [-0.05, 0) is 25.1 Å². The van der Waals surface area contributed by atoms with Gasteiger partial charge in [0.25, 0.3) is 5.91 Å². The Balaban J connectivity index is 1.91. The largest absolute Gasteiger partial charge is 0.417 e. The molecule has 29 heavy (non-hydrogen) atoms. The Morgan fingerprint density at radius 3 is 2.59 bits per heavy atom. The van der Waals surface area contributed by atoms with Crippen molar-refractivity contribution in [1.82, 2.24) is 15.3 Å². The van der Waals surface area contributed by atoms with Gasteiger partial charge in [0.2, 0.25) is 5.91 Å². The number of rotatable bonds is 7. The van der Waals surface area contributed by atoms with Gasteiger partial charge >= 0.3 is 6.18 Å². The molecule has 0 aliphatic rings. The van der Waals surface area contributed by atoms with Gasteiger partial charge < -0.3 is 10.6 Å². The highest BCUT2D eigenvalue weighted by atomic mass is 35.5. The number of nitrogens with one attached hydrogen (secondary N) is 2. The molecule has 0 saturated heterocycles. The van der Waals surface area contributed by atoms with Crippen LogP contribution in [0, 0.1) is 6.92 Å². The van der Waals surface area contributed by atoms with Gasteiger partial charge in [-0.1, -0.05) is 18.5 Å². The predicted octanol–water partition coefficient (Wildman–Crippen LogP) is 4.33. The first-order valence-electron chi connectivity index (χ1n) is 8.52. The van der Waals surface area contributed by atoms with Crippen LogP contribution in [0.4, 0.5) is 19.0 Å². The zero-order valence-electron chi connectivity index (χ0n) is 15.6. The summed E-state index contributed by atoms with van der Waals surface area (Å²) >= 11 is 6.98. The second-order valence-electron chi connectivity index (χ2n) is 5.90. The van der Waals surface area contributed by atoms with E-state index in [1.54, 1.807) is 19.9 Å². The van der Waals surface area contributed by atoms with Crippen molar-refractivity contribution in [1.29, 1.82) is 0 Å². The molecule has 0 bridgehead atoms. The van der Waals surface area contributed by atoms with Crippen LogP contribution in [0.2, 0.25) is 5.02 Å². The number of aromatic nitrogens is 2. The van der Waals surface area contributed by atoms with Crippen molar-refractivity contribution in [2.45, 2.75) is 31.5 Å². The van der Waals surface area contributed by atoms with E-state index in [-0.39, 0.29) is 40.6 Å². The lowest BCUT2D eigenvalue weighted by Gasteiger charge is -2.10. The standard InChI is InChI=1S/C18H18ClF3N4O2S/c1-3-15(27)26-14-7-11(6-10(2)25-14)16(28)23-4-5-29-17-13(19)8-12(9-24-17)18(20,21)22/h6-9H,3-5H2,1-2H3,(H,23,28)(H,25,26,27). The first kappa shape index (κ1) is 23.0. The third kappa shape index (κ3) is 6.90. The van der Waals surface area contributed by atoms with Crippen molar-refractivity contribution in [3.8, 4) is 0 Å². The number of amides is 2. The fraction of sp³-hybridized carbons (Fsp3) is 0.333. The molecule has 0 fully saturated rings. The van der Waals surface area contributed by atoms with Crippen LogP contribution in [-0.2, 0) is 11.0 Å². The van der Waals surface area contributed by atoms with Crippen molar-refractivity contribution in [2.75, 3.05) is 17.6 Å². The Morgan fingerprint density at radius 1 is 1.24 bits per heavy atom. The topological polar surface area (TPSA) is 84.0 Å². The highest BCUT2D eigenvalue weighted by Crippen LogP contribution is 2.33. The molecule has 0 aliphatic carbocycles. The van der Waals surface area contributed by atoms with Gasteiger partial charge in [0, 0.05) is 36.2 Å². The average molecular weight is 447 g/mol. The van der Waals surface area contributed by atoms with Crippen LogP contribution in [-0.4, -0.2) is 34.1 Å².